The van der Waals surface area contributed by atoms with Gasteiger partial charge in [-0.1, -0.05) is 109 Å². The first kappa shape index (κ1) is 49.5. The van der Waals surface area contributed by atoms with E-state index in [2.05, 4.69) is 53.5 Å². The lowest BCUT2D eigenvalue weighted by Crippen LogP contribution is -2.67. The highest BCUT2D eigenvalue weighted by Crippen LogP contribution is 2.43. The van der Waals surface area contributed by atoms with Gasteiger partial charge in [0.25, 0.3) is 23.6 Å². The van der Waals surface area contributed by atoms with Crippen molar-refractivity contribution in [1.82, 2.24) is 24.1 Å². The number of imide groups is 1. The van der Waals surface area contributed by atoms with Gasteiger partial charge >= 0.3 is 0 Å². The molecule has 0 radical (unpaired) electrons. The smallest absolute Gasteiger partial charge is 0.278 e. The molecule has 2 atom stereocenters. The first-order valence-electron chi connectivity index (χ1n) is 25.8. The number of fused-ring (bicyclic) bond motifs is 7. The number of rotatable bonds is 7. The van der Waals surface area contributed by atoms with E-state index in [1.54, 1.807) is 49.6 Å². The maximum absolute atomic E-state index is 14.2. The van der Waals surface area contributed by atoms with Crippen LogP contribution in [0.4, 0.5) is 0 Å². The fourth-order valence-corrected chi connectivity index (χ4v) is 12.1. The summed E-state index contributed by atoms with van der Waals surface area (Å²) in [5.74, 6) is -2.99. The third-order valence-corrected chi connectivity index (χ3v) is 15.5. The summed E-state index contributed by atoms with van der Waals surface area (Å²) < 4.78 is 3.18. The molecule has 4 N–H and O–H groups in total. The third-order valence-electron chi connectivity index (χ3n) is 15.5. The molecule has 5 heterocycles. The molecule has 7 aromatic rings. The van der Waals surface area contributed by atoms with E-state index in [-0.39, 0.29) is 36.6 Å². The summed E-state index contributed by atoms with van der Waals surface area (Å²) in [6, 6.07) is 40.8. The number of aromatic hydroxyl groups is 2. The number of aromatic nitrogens is 2. The fourth-order valence-electron chi connectivity index (χ4n) is 12.1. The minimum Gasteiger partial charge on any atom is -0.502 e. The van der Waals surface area contributed by atoms with E-state index in [0.717, 1.165) is 59.1 Å². The zero-order valence-corrected chi connectivity index (χ0v) is 42.6. The highest BCUT2D eigenvalue weighted by Gasteiger charge is 2.49. The molecule has 4 amide bonds. The summed E-state index contributed by atoms with van der Waals surface area (Å²) >= 11 is 0. The predicted octanol–water partition coefficient (Wildman–Crippen LogP) is 6.40. The highest BCUT2D eigenvalue weighted by atomic mass is 16.3. The van der Waals surface area contributed by atoms with Gasteiger partial charge in [0.1, 0.15) is 12.3 Å². The number of pyridine rings is 2. The second-order valence-corrected chi connectivity index (χ2v) is 20.4. The van der Waals surface area contributed by atoms with Crippen LogP contribution in [0.2, 0.25) is 0 Å². The molecule has 16 heteroatoms. The molecule has 16 nitrogen and oxygen atoms in total. The largest absolute Gasteiger partial charge is 0.502 e. The van der Waals surface area contributed by atoms with E-state index in [0.29, 0.717) is 11.1 Å². The number of hydrogen-bond donors (Lipinski definition) is 3. The molecule has 12 rings (SSSR count). The predicted molar refractivity (Wildman–Crippen MR) is 286 cm³/mol. The molecule has 0 spiro atoms. The summed E-state index contributed by atoms with van der Waals surface area (Å²) in [5.41, 5.74) is 14.5. The molecule has 2 aliphatic carbocycles. The van der Waals surface area contributed by atoms with Gasteiger partial charge in [-0.2, -0.15) is 0 Å². The number of aryl methyl sites for hydroxylation is 4. The molecule has 5 aliphatic rings. The van der Waals surface area contributed by atoms with Crippen molar-refractivity contribution in [1.29, 1.82) is 0 Å². The molecule has 2 unspecified atom stereocenters. The monoisotopic (exact) mass is 1020 g/mol. The van der Waals surface area contributed by atoms with Crippen molar-refractivity contribution < 1.29 is 29.4 Å². The van der Waals surface area contributed by atoms with Gasteiger partial charge < -0.3 is 25.7 Å². The molecular weight excluding hydrogens is 961 g/mol. The maximum Gasteiger partial charge on any atom is 0.278 e. The molecular formula is C60H58N8O8. The van der Waals surface area contributed by atoms with Gasteiger partial charge in [0.15, 0.2) is 22.9 Å². The Bertz CT molecular complexity index is 3490. The van der Waals surface area contributed by atoms with Crippen molar-refractivity contribution in [3.63, 3.8) is 0 Å². The first-order valence-corrected chi connectivity index (χ1v) is 25.8. The second-order valence-electron chi connectivity index (χ2n) is 20.4. The number of nitrogens with zero attached hydrogens (tertiary/aromatic N) is 7. The summed E-state index contributed by atoms with van der Waals surface area (Å²) in [6.45, 7) is 7.59. The van der Waals surface area contributed by atoms with Crippen LogP contribution < -0.4 is 26.6 Å². The van der Waals surface area contributed by atoms with E-state index in [1.807, 2.05) is 81.2 Å². The van der Waals surface area contributed by atoms with Crippen molar-refractivity contribution in [2.45, 2.75) is 89.9 Å². The maximum atomic E-state index is 14.2. The molecule has 3 aliphatic heterocycles. The van der Waals surface area contributed by atoms with E-state index < -0.39 is 70.4 Å². The Morgan fingerprint density at radius 2 is 0.789 bits per heavy atom. The van der Waals surface area contributed by atoms with Crippen LogP contribution in [0.25, 0.3) is 0 Å². The molecule has 76 heavy (non-hydrogen) atoms. The van der Waals surface area contributed by atoms with Crippen LogP contribution >= 0.6 is 0 Å². The number of carbonyl (C=O) groups excluding carboxylic acids is 4. The number of carbonyl (C=O) groups is 4. The summed E-state index contributed by atoms with van der Waals surface area (Å²) in [6.07, 6.45) is 5.17. The standard InChI is InChI=1S/C34H30N4O5.C26H28N4O3/c1-20(2)37-28(19-35-32(41)25-13-7-8-14-26(25)33(35)42)38(36-18-17-27(39)31(40)30(36)34(37)43)29-23-11-5-3-9-21(23)15-16-22-10-4-6-12-24(22)29;1-16(2)29-22(15-27)30(28-14-13-21(31)25(32)24(28)26(29)33)23-19-9-5-3-7-17(19)11-12-18-8-4-6-10-20(18)23/h3-14,17-18,20,28-29,40H,15-16,19H2,1-2H3;3-10,13-14,16,22-23,32H,11-12,15,27H2,1-2H3. The zero-order valence-electron chi connectivity index (χ0n) is 42.6. The molecule has 0 saturated heterocycles. The Labute approximate surface area is 439 Å². The summed E-state index contributed by atoms with van der Waals surface area (Å²) in [4.78, 5) is 84.3. The minimum atomic E-state index is -0.840. The molecule has 2 aromatic heterocycles. The minimum absolute atomic E-state index is 0.0277. The van der Waals surface area contributed by atoms with Crippen molar-refractivity contribution in [2.75, 3.05) is 23.1 Å². The summed E-state index contributed by atoms with van der Waals surface area (Å²) in [7, 11) is 0. The Morgan fingerprint density at radius 3 is 1.14 bits per heavy atom. The Morgan fingerprint density at radius 1 is 0.461 bits per heavy atom. The quantitative estimate of drug-likeness (QED) is 0.150. The van der Waals surface area contributed by atoms with Crippen LogP contribution in [-0.4, -0.2) is 95.4 Å². The van der Waals surface area contributed by atoms with Crippen LogP contribution in [0.5, 0.6) is 11.5 Å². The van der Waals surface area contributed by atoms with E-state index in [9.17, 15) is 39.0 Å². The topological polar surface area (TPSA) is 195 Å². The van der Waals surface area contributed by atoms with Gasteiger partial charge in [0.05, 0.1) is 29.8 Å². The van der Waals surface area contributed by atoms with Crippen LogP contribution in [-0.2, 0) is 25.7 Å². The highest BCUT2D eigenvalue weighted by molar-refractivity contribution is 6.21. The lowest BCUT2D eigenvalue weighted by Gasteiger charge is -2.52. The van der Waals surface area contributed by atoms with Crippen molar-refractivity contribution in [3.8, 4) is 11.5 Å². The first-order chi connectivity index (χ1) is 36.7. The van der Waals surface area contributed by atoms with Crippen molar-refractivity contribution >= 4 is 23.6 Å². The summed E-state index contributed by atoms with van der Waals surface area (Å²) in [5, 5.41) is 25.7. The molecule has 386 valence electrons. The molecule has 0 bridgehead atoms. The van der Waals surface area contributed by atoms with Gasteiger partial charge in [0, 0.05) is 43.2 Å². The number of nitrogens with two attached hydrogens (primary N) is 1. The molecule has 5 aromatic carbocycles. The Kier molecular flexibility index (Phi) is 12.7. The van der Waals surface area contributed by atoms with E-state index in [1.165, 1.54) is 34.4 Å². The van der Waals surface area contributed by atoms with E-state index in [4.69, 9.17) is 5.73 Å². The lowest BCUT2D eigenvalue weighted by molar-refractivity contribution is 0.0343. The average molecular weight is 1020 g/mol. The number of amides is 4. The Balaban J connectivity index is 0.000000168. The van der Waals surface area contributed by atoms with Gasteiger partial charge in [-0.15, -0.1) is 0 Å². The molecule has 0 saturated carbocycles. The van der Waals surface area contributed by atoms with Gasteiger partial charge in [-0.3, -0.25) is 53.0 Å². The van der Waals surface area contributed by atoms with Gasteiger partial charge in [-0.25, -0.2) is 0 Å². The molecule has 0 fully saturated rings. The normalized spacial score (nSPS) is 18.0. The second kappa shape index (κ2) is 19.5. The zero-order chi connectivity index (χ0) is 53.3. The van der Waals surface area contributed by atoms with Gasteiger partial charge in [0.2, 0.25) is 10.9 Å². The van der Waals surface area contributed by atoms with Crippen LogP contribution in [0.1, 0.15) is 126 Å². The third kappa shape index (κ3) is 7.93. The number of hydrogen-bond acceptors (Lipinski definition) is 11. The average Bonchev–Trinajstić information content (AvgIpc) is 3.53. The van der Waals surface area contributed by atoms with Crippen molar-refractivity contribution in [3.05, 3.63) is 233 Å². The SMILES string of the molecule is CC(C)N1C(=O)c2c(O)c(=O)ccn2N(C2c3ccccc3CCc3ccccc32)C1CN.CC(C)N1C(=O)c2c(O)c(=O)ccn2N(C2c3ccccc3CCc3ccccc32)C1CN1C(=O)c2ccccc2C1=O. The fraction of sp³-hybridized carbons (Fsp3) is 0.267. The van der Waals surface area contributed by atoms with Crippen molar-refractivity contribution in [2.24, 2.45) is 5.73 Å². The van der Waals surface area contributed by atoms with Crippen LogP contribution in [0.3, 0.4) is 0 Å². The van der Waals surface area contributed by atoms with E-state index >= 15 is 0 Å². The lowest BCUT2D eigenvalue weighted by atomic mass is 9.93. The van der Waals surface area contributed by atoms with Gasteiger partial charge in [-0.05, 0) is 110 Å². The Hall–Kier alpha value is -8.76. The number of benzene rings is 5. The van der Waals surface area contributed by atoms with Crippen LogP contribution in [0.15, 0.2) is 155 Å². The van der Waals surface area contributed by atoms with Crippen LogP contribution in [0, 0.1) is 0 Å².